The number of benzene rings is 1. The van der Waals surface area contributed by atoms with E-state index < -0.39 is 42.8 Å². The zero-order valence-electron chi connectivity index (χ0n) is 19.5. The van der Waals surface area contributed by atoms with Crippen LogP contribution in [0.1, 0.15) is 18.4 Å². The molecule has 0 aromatic heterocycles. The van der Waals surface area contributed by atoms with Crippen molar-refractivity contribution in [3.05, 3.63) is 29.8 Å². The van der Waals surface area contributed by atoms with E-state index in [2.05, 4.69) is 0 Å². The lowest BCUT2D eigenvalue weighted by Gasteiger charge is -2.47. The smallest absolute Gasteiger partial charge is 0.286 e. The SMILES string of the molecule is COc1ccc(CO[C@@H]2COC3(C[C@H]2O)OCC[C@H]2O[C@H](OC)[C@H](OC)[C@@H](OC)[C@@H]2O3)cc1. The first-order valence-electron chi connectivity index (χ1n) is 11.1. The van der Waals surface area contributed by atoms with Crippen molar-refractivity contribution < 1.29 is 47.7 Å². The van der Waals surface area contributed by atoms with Crippen molar-refractivity contribution in [2.45, 2.75) is 68.3 Å². The van der Waals surface area contributed by atoms with E-state index in [1.54, 1.807) is 28.4 Å². The maximum atomic E-state index is 10.8. The van der Waals surface area contributed by atoms with Crippen LogP contribution in [0.25, 0.3) is 0 Å². The Balaban J connectivity index is 1.40. The summed E-state index contributed by atoms with van der Waals surface area (Å²) in [6, 6.07) is 7.57. The first kappa shape index (κ1) is 24.8. The van der Waals surface area contributed by atoms with Gasteiger partial charge in [0.2, 0.25) is 0 Å². The summed E-state index contributed by atoms with van der Waals surface area (Å²) < 4.78 is 52.2. The molecule has 10 heteroatoms. The van der Waals surface area contributed by atoms with Crippen LogP contribution in [-0.2, 0) is 44.5 Å². The number of hydrogen-bond acceptors (Lipinski definition) is 10. The summed E-state index contributed by atoms with van der Waals surface area (Å²) in [5.41, 5.74) is 0.966. The van der Waals surface area contributed by atoms with Crippen molar-refractivity contribution in [3.8, 4) is 5.75 Å². The summed E-state index contributed by atoms with van der Waals surface area (Å²) >= 11 is 0. The molecule has 3 saturated heterocycles. The molecule has 10 nitrogen and oxygen atoms in total. The van der Waals surface area contributed by atoms with E-state index in [4.69, 9.17) is 42.6 Å². The third kappa shape index (κ3) is 5.34. The predicted molar refractivity (Wildman–Crippen MR) is 114 cm³/mol. The standard InChI is InChI=1S/C23H34O10/c1-25-15-7-5-14(6-8-15)12-29-18-13-31-23(11-16(18)24)30-10-9-17-19(33-23)20(26-2)21(27-3)22(28-4)32-17/h5-8,16-22,24H,9-13H2,1-4H3/t16-,17-,18-,19-,20+,21-,22+,23?/m1/s1. The first-order valence-corrected chi connectivity index (χ1v) is 11.1. The van der Waals surface area contributed by atoms with Gasteiger partial charge in [-0.05, 0) is 24.1 Å². The van der Waals surface area contributed by atoms with Crippen molar-refractivity contribution in [3.63, 3.8) is 0 Å². The van der Waals surface area contributed by atoms with Gasteiger partial charge in [-0.1, -0.05) is 12.1 Å². The van der Waals surface area contributed by atoms with Gasteiger partial charge in [0.15, 0.2) is 6.29 Å². The Morgan fingerprint density at radius 1 is 1.00 bits per heavy atom. The minimum Gasteiger partial charge on any atom is -0.497 e. The van der Waals surface area contributed by atoms with E-state index in [0.717, 1.165) is 11.3 Å². The summed E-state index contributed by atoms with van der Waals surface area (Å²) in [4.78, 5) is 0. The zero-order valence-corrected chi connectivity index (χ0v) is 19.5. The van der Waals surface area contributed by atoms with Crippen LogP contribution in [-0.4, -0.2) is 95.6 Å². The predicted octanol–water partition coefficient (Wildman–Crippen LogP) is 1.22. The van der Waals surface area contributed by atoms with E-state index in [1.807, 2.05) is 24.3 Å². The van der Waals surface area contributed by atoms with Crippen LogP contribution in [0.3, 0.4) is 0 Å². The van der Waals surface area contributed by atoms with E-state index in [-0.39, 0.29) is 19.1 Å². The average Bonchev–Trinajstić information content (AvgIpc) is 3.01. The highest BCUT2D eigenvalue weighted by molar-refractivity contribution is 5.26. The van der Waals surface area contributed by atoms with Gasteiger partial charge in [0, 0.05) is 21.3 Å². The molecule has 1 unspecified atom stereocenters. The molecular formula is C23H34O10. The second-order valence-electron chi connectivity index (χ2n) is 8.36. The average molecular weight is 471 g/mol. The molecule has 0 saturated carbocycles. The van der Waals surface area contributed by atoms with Gasteiger partial charge in [-0.3, -0.25) is 0 Å². The molecule has 3 aliphatic rings. The van der Waals surface area contributed by atoms with Crippen molar-refractivity contribution in [2.75, 3.05) is 41.7 Å². The van der Waals surface area contributed by atoms with Gasteiger partial charge in [-0.15, -0.1) is 0 Å². The number of aliphatic hydroxyl groups excluding tert-OH is 1. The van der Waals surface area contributed by atoms with Crippen LogP contribution in [0.4, 0.5) is 0 Å². The molecule has 8 atom stereocenters. The molecule has 1 aromatic carbocycles. The normalized spacial score (nSPS) is 39.1. The molecule has 0 amide bonds. The van der Waals surface area contributed by atoms with E-state index in [1.165, 1.54) is 0 Å². The summed E-state index contributed by atoms with van der Waals surface area (Å²) in [6.45, 7) is 0.777. The van der Waals surface area contributed by atoms with Crippen LogP contribution in [0.5, 0.6) is 5.75 Å². The van der Waals surface area contributed by atoms with Gasteiger partial charge in [-0.2, -0.15) is 0 Å². The number of rotatable bonds is 7. The Bertz CT molecular complexity index is 745. The Kier molecular flexibility index (Phi) is 8.21. The van der Waals surface area contributed by atoms with Crippen LogP contribution >= 0.6 is 0 Å². The van der Waals surface area contributed by atoms with Gasteiger partial charge >= 0.3 is 0 Å². The minimum absolute atomic E-state index is 0.0886. The molecule has 1 aromatic rings. The Morgan fingerprint density at radius 2 is 1.76 bits per heavy atom. The zero-order chi connectivity index (χ0) is 23.4. The molecule has 0 aliphatic carbocycles. The third-order valence-corrected chi connectivity index (χ3v) is 6.39. The van der Waals surface area contributed by atoms with Gasteiger partial charge < -0.3 is 47.7 Å². The molecule has 186 valence electrons. The second-order valence-corrected chi connectivity index (χ2v) is 8.36. The number of ether oxygens (including phenoxy) is 9. The third-order valence-electron chi connectivity index (χ3n) is 6.39. The number of aliphatic hydroxyl groups is 1. The summed E-state index contributed by atoms with van der Waals surface area (Å²) in [5.74, 6) is -0.645. The number of hydrogen-bond donors (Lipinski definition) is 1. The minimum atomic E-state index is -1.42. The van der Waals surface area contributed by atoms with Gasteiger partial charge in [-0.25, -0.2) is 0 Å². The largest absolute Gasteiger partial charge is 0.497 e. The molecule has 0 bridgehead atoms. The van der Waals surface area contributed by atoms with Gasteiger partial charge in [0.05, 0.1) is 45.6 Å². The van der Waals surface area contributed by atoms with Crippen molar-refractivity contribution in [2.24, 2.45) is 0 Å². The summed E-state index contributed by atoms with van der Waals surface area (Å²) in [7, 11) is 6.34. The summed E-state index contributed by atoms with van der Waals surface area (Å²) in [5, 5.41) is 10.8. The Morgan fingerprint density at radius 3 is 2.39 bits per heavy atom. The lowest BCUT2D eigenvalue weighted by molar-refractivity contribution is -0.433. The highest BCUT2D eigenvalue weighted by atomic mass is 16.9. The molecular weight excluding hydrogens is 436 g/mol. The molecule has 0 radical (unpaired) electrons. The number of methoxy groups -OCH3 is 4. The fourth-order valence-electron chi connectivity index (χ4n) is 4.56. The van der Waals surface area contributed by atoms with Crippen LogP contribution < -0.4 is 4.74 Å². The fraction of sp³-hybridized carbons (Fsp3) is 0.739. The molecule has 3 aliphatic heterocycles. The molecule has 3 fully saturated rings. The molecule has 1 N–H and O–H groups in total. The van der Waals surface area contributed by atoms with E-state index in [0.29, 0.717) is 19.6 Å². The van der Waals surface area contributed by atoms with Gasteiger partial charge in [0.1, 0.15) is 30.2 Å². The lowest BCUT2D eigenvalue weighted by atomic mass is 9.96. The maximum Gasteiger partial charge on any atom is 0.286 e. The molecule has 1 spiro atoms. The topological polar surface area (TPSA) is 103 Å². The quantitative estimate of drug-likeness (QED) is 0.626. The monoisotopic (exact) mass is 470 g/mol. The van der Waals surface area contributed by atoms with Crippen molar-refractivity contribution >= 4 is 0 Å². The van der Waals surface area contributed by atoms with Crippen LogP contribution in [0, 0.1) is 0 Å². The van der Waals surface area contributed by atoms with Crippen LogP contribution in [0.2, 0.25) is 0 Å². The highest BCUT2D eigenvalue weighted by Gasteiger charge is 2.55. The van der Waals surface area contributed by atoms with Crippen molar-refractivity contribution in [1.29, 1.82) is 0 Å². The van der Waals surface area contributed by atoms with E-state index >= 15 is 0 Å². The second kappa shape index (κ2) is 10.9. The summed E-state index contributed by atoms with van der Waals surface area (Å²) in [6.07, 6.45) is -3.14. The number of fused-ring (bicyclic) bond motifs is 1. The molecule has 33 heavy (non-hydrogen) atoms. The van der Waals surface area contributed by atoms with Crippen molar-refractivity contribution in [1.82, 2.24) is 0 Å². The Labute approximate surface area is 193 Å². The molecule has 4 rings (SSSR count). The van der Waals surface area contributed by atoms with Gasteiger partial charge in [0.25, 0.3) is 5.97 Å². The highest BCUT2D eigenvalue weighted by Crippen LogP contribution is 2.39. The van der Waals surface area contributed by atoms with Crippen LogP contribution in [0.15, 0.2) is 24.3 Å². The Hall–Kier alpha value is -1.34. The maximum absolute atomic E-state index is 10.8. The molecule has 3 heterocycles. The van der Waals surface area contributed by atoms with E-state index in [9.17, 15) is 5.11 Å². The first-order chi connectivity index (χ1) is 16.0. The lowest BCUT2D eigenvalue weighted by Crippen LogP contribution is -2.62. The fourth-order valence-corrected chi connectivity index (χ4v) is 4.56.